The van der Waals surface area contributed by atoms with Gasteiger partial charge in [0.05, 0.1) is 0 Å². The third-order valence-electron chi connectivity index (χ3n) is 5.91. The van der Waals surface area contributed by atoms with E-state index in [4.69, 9.17) is 0 Å². The van der Waals surface area contributed by atoms with Crippen LogP contribution in [-0.2, 0) is 0 Å². The van der Waals surface area contributed by atoms with Gasteiger partial charge in [-0.25, -0.2) is 4.98 Å². The van der Waals surface area contributed by atoms with E-state index in [9.17, 15) is 9.59 Å². The fraction of sp³-hybridized carbons (Fsp3) is 0.667. The highest BCUT2D eigenvalue weighted by Gasteiger charge is 2.29. The summed E-state index contributed by atoms with van der Waals surface area (Å²) in [6, 6.07) is 5.87. The Bertz CT molecular complexity index is 595. The van der Waals surface area contributed by atoms with Crippen molar-refractivity contribution < 1.29 is 9.59 Å². The fourth-order valence-corrected chi connectivity index (χ4v) is 4.35. The van der Waals surface area contributed by atoms with E-state index < -0.39 is 0 Å². The first-order valence-electron chi connectivity index (χ1n) is 10.2. The molecule has 2 atom stereocenters. The van der Waals surface area contributed by atoms with E-state index in [0.717, 1.165) is 51.6 Å². The van der Waals surface area contributed by atoms with Gasteiger partial charge in [-0.05, 0) is 63.5 Å². The van der Waals surface area contributed by atoms with E-state index in [1.54, 1.807) is 18.2 Å². The van der Waals surface area contributed by atoms with E-state index in [1.807, 2.05) is 9.80 Å². The molecule has 2 amide bonds. The summed E-state index contributed by atoms with van der Waals surface area (Å²) in [6.07, 6.45) is 8.52. The van der Waals surface area contributed by atoms with Crippen LogP contribution in [0.25, 0.3) is 0 Å². The van der Waals surface area contributed by atoms with Crippen LogP contribution in [0.3, 0.4) is 0 Å². The first-order chi connectivity index (χ1) is 12.7. The van der Waals surface area contributed by atoms with Crippen LogP contribution in [0.4, 0.5) is 0 Å². The van der Waals surface area contributed by atoms with Gasteiger partial charge in [0.25, 0.3) is 11.8 Å². The molecule has 0 bridgehead atoms. The molecule has 0 aliphatic carbocycles. The maximum absolute atomic E-state index is 13.0. The van der Waals surface area contributed by atoms with Crippen LogP contribution >= 0.6 is 0 Å². The second kappa shape index (κ2) is 8.65. The molecular formula is C21H31N3O2. The lowest BCUT2D eigenvalue weighted by molar-refractivity contribution is 0.0593. The molecule has 0 unspecified atom stereocenters. The molecule has 5 nitrogen and oxygen atoms in total. The van der Waals surface area contributed by atoms with Crippen LogP contribution in [-0.4, -0.2) is 51.8 Å². The Morgan fingerprint density at radius 3 is 1.77 bits per heavy atom. The van der Waals surface area contributed by atoms with Crippen molar-refractivity contribution in [1.29, 1.82) is 0 Å². The molecule has 0 spiro atoms. The molecule has 3 heterocycles. The van der Waals surface area contributed by atoms with Crippen molar-refractivity contribution in [3.63, 3.8) is 0 Å². The predicted octanol–water partition coefficient (Wildman–Crippen LogP) is 3.89. The van der Waals surface area contributed by atoms with E-state index >= 15 is 0 Å². The number of piperidine rings is 2. The van der Waals surface area contributed by atoms with E-state index in [2.05, 4.69) is 18.8 Å². The summed E-state index contributed by atoms with van der Waals surface area (Å²) in [5, 5.41) is 0. The summed E-state index contributed by atoms with van der Waals surface area (Å²) in [4.78, 5) is 34.3. The Balaban J connectivity index is 1.79. The smallest absolute Gasteiger partial charge is 0.272 e. The highest BCUT2D eigenvalue weighted by atomic mass is 16.2. The van der Waals surface area contributed by atoms with Crippen LogP contribution < -0.4 is 0 Å². The molecule has 0 saturated carbocycles. The monoisotopic (exact) mass is 357 g/mol. The summed E-state index contributed by atoms with van der Waals surface area (Å²) < 4.78 is 0. The molecule has 0 radical (unpaired) electrons. The standard InChI is InChI=1S/C21H31N3O2/c1-3-16-10-5-7-14-23(16)20(25)18-12-9-13-19(22-18)21(26)24-15-8-6-11-17(24)4-2/h9,12-13,16-17H,3-8,10-11,14-15H2,1-2H3/t16-,17+. The fourth-order valence-electron chi connectivity index (χ4n) is 4.35. The van der Waals surface area contributed by atoms with Gasteiger partial charge in [-0.15, -0.1) is 0 Å². The molecule has 142 valence electrons. The minimum atomic E-state index is -0.0307. The average molecular weight is 357 g/mol. The predicted molar refractivity (Wildman–Crippen MR) is 102 cm³/mol. The minimum Gasteiger partial charge on any atom is -0.334 e. The third-order valence-corrected chi connectivity index (χ3v) is 5.91. The van der Waals surface area contributed by atoms with Crippen molar-refractivity contribution in [2.75, 3.05) is 13.1 Å². The summed E-state index contributed by atoms with van der Waals surface area (Å²) in [5.41, 5.74) is 0.808. The maximum atomic E-state index is 13.0. The molecule has 26 heavy (non-hydrogen) atoms. The van der Waals surface area contributed by atoms with Crippen LogP contribution in [0.1, 0.15) is 86.2 Å². The molecule has 2 aliphatic heterocycles. The molecule has 3 rings (SSSR count). The lowest BCUT2D eigenvalue weighted by Gasteiger charge is -2.36. The first kappa shape index (κ1) is 18.9. The normalized spacial score (nSPS) is 23.8. The quantitative estimate of drug-likeness (QED) is 0.821. The van der Waals surface area contributed by atoms with Gasteiger partial charge in [0.1, 0.15) is 11.4 Å². The number of nitrogens with zero attached hydrogens (tertiary/aromatic N) is 3. The third kappa shape index (κ3) is 3.92. The van der Waals surface area contributed by atoms with Crippen molar-refractivity contribution in [2.24, 2.45) is 0 Å². The number of rotatable bonds is 4. The summed E-state index contributed by atoms with van der Waals surface area (Å²) in [7, 11) is 0. The Hall–Kier alpha value is -1.91. The highest BCUT2D eigenvalue weighted by Crippen LogP contribution is 2.23. The van der Waals surface area contributed by atoms with Gasteiger partial charge in [-0.2, -0.15) is 0 Å². The molecule has 1 aromatic heterocycles. The zero-order valence-electron chi connectivity index (χ0n) is 16.1. The largest absolute Gasteiger partial charge is 0.334 e. The summed E-state index contributed by atoms with van der Waals surface area (Å²) in [5.74, 6) is -0.0613. The Labute approximate surface area is 156 Å². The molecular weight excluding hydrogens is 326 g/mol. The summed E-state index contributed by atoms with van der Waals surface area (Å²) >= 11 is 0. The number of amides is 2. The van der Waals surface area contributed by atoms with Crippen LogP contribution in [0.15, 0.2) is 18.2 Å². The second-order valence-electron chi connectivity index (χ2n) is 7.52. The van der Waals surface area contributed by atoms with Gasteiger partial charge < -0.3 is 9.80 Å². The lowest BCUT2D eigenvalue weighted by atomic mass is 9.99. The number of likely N-dealkylation sites (tertiary alicyclic amines) is 2. The topological polar surface area (TPSA) is 53.5 Å². The number of pyridine rings is 1. The van der Waals surface area contributed by atoms with Gasteiger partial charge >= 0.3 is 0 Å². The highest BCUT2D eigenvalue weighted by molar-refractivity contribution is 5.96. The molecule has 0 N–H and O–H groups in total. The molecule has 2 saturated heterocycles. The molecule has 5 heteroatoms. The van der Waals surface area contributed by atoms with Gasteiger partial charge in [-0.3, -0.25) is 9.59 Å². The first-order valence-corrected chi connectivity index (χ1v) is 10.2. The zero-order valence-corrected chi connectivity index (χ0v) is 16.1. The molecule has 2 fully saturated rings. The van der Waals surface area contributed by atoms with E-state index in [1.165, 1.54) is 12.8 Å². The van der Waals surface area contributed by atoms with Crippen molar-refractivity contribution in [1.82, 2.24) is 14.8 Å². The number of hydrogen-bond donors (Lipinski definition) is 0. The van der Waals surface area contributed by atoms with Gasteiger partial charge in [0.2, 0.25) is 0 Å². The number of aromatic nitrogens is 1. The zero-order chi connectivity index (χ0) is 18.5. The maximum Gasteiger partial charge on any atom is 0.272 e. The average Bonchev–Trinajstić information content (AvgIpc) is 2.72. The van der Waals surface area contributed by atoms with Crippen molar-refractivity contribution in [3.8, 4) is 0 Å². The van der Waals surface area contributed by atoms with Crippen LogP contribution in [0.5, 0.6) is 0 Å². The van der Waals surface area contributed by atoms with Crippen molar-refractivity contribution in [3.05, 3.63) is 29.6 Å². The second-order valence-corrected chi connectivity index (χ2v) is 7.52. The Morgan fingerprint density at radius 1 is 0.885 bits per heavy atom. The molecule has 0 aromatic carbocycles. The number of carbonyl (C=O) groups excluding carboxylic acids is 2. The molecule has 1 aromatic rings. The van der Waals surface area contributed by atoms with E-state index in [-0.39, 0.29) is 11.8 Å². The Kier molecular flexibility index (Phi) is 6.28. The van der Waals surface area contributed by atoms with Crippen LogP contribution in [0, 0.1) is 0 Å². The van der Waals surface area contributed by atoms with Crippen LogP contribution in [0.2, 0.25) is 0 Å². The number of hydrogen-bond acceptors (Lipinski definition) is 3. The van der Waals surface area contributed by atoms with Gasteiger partial charge in [0, 0.05) is 25.2 Å². The minimum absolute atomic E-state index is 0.0307. The van der Waals surface area contributed by atoms with Gasteiger partial charge in [0.15, 0.2) is 0 Å². The Morgan fingerprint density at radius 2 is 1.35 bits per heavy atom. The van der Waals surface area contributed by atoms with Crippen molar-refractivity contribution >= 4 is 11.8 Å². The SMILES string of the molecule is CC[C@@H]1CCCCN1C(=O)c1cccc(C(=O)N2CCCC[C@@H]2CC)n1. The van der Waals surface area contributed by atoms with Gasteiger partial charge in [-0.1, -0.05) is 19.9 Å². The summed E-state index contributed by atoms with van der Waals surface area (Å²) in [6.45, 7) is 5.85. The number of carbonyl (C=O) groups is 2. The molecule has 2 aliphatic rings. The van der Waals surface area contributed by atoms with Crippen molar-refractivity contribution in [2.45, 2.75) is 77.3 Å². The van der Waals surface area contributed by atoms with E-state index in [0.29, 0.717) is 23.5 Å². The lowest BCUT2D eigenvalue weighted by Crippen LogP contribution is -2.45.